The van der Waals surface area contributed by atoms with Gasteiger partial charge in [0.2, 0.25) is 5.91 Å². The lowest BCUT2D eigenvalue weighted by Crippen LogP contribution is -2.29. The van der Waals surface area contributed by atoms with Gasteiger partial charge in [-0.2, -0.15) is 0 Å². The highest BCUT2D eigenvalue weighted by molar-refractivity contribution is 7.13. The number of amides is 1. The molecule has 6 nitrogen and oxygen atoms in total. The summed E-state index contributed by atoms with van der Waals surface area (Å²) in [5.41, 5.74) is 7.58. The van der Waals surface area contributed by atoms with Crippen molar-refractivity contribution < 1.29 is 9.90 Å². The first-order chi connectivity index (χ1) is 11.1. The zero-order valence-electron chi connectivity index (χ0n) is 12.8. The van der Waals surface area contributed by atoms with E-state index in [1.807, 2.05) is 17.5 Å². The van der Waals surface area contributed by atoms with Crippen LogP contribution in [0.5, 0.6) is 0 Å². The van der Waals surface area contributed by atoms with E-state index in [9.17, 15) is 9.90 Å². The summed E-state index contributed by atoms with van der Waals surface area (Å²) < 4.78 is 0. The number of aryl methyl sites for hydroxylation is 1. The molecule has 1 aliphatic heterocycles. The molecule has 0 unspecified atom stereocenters. The molecule has 1 amide bonds. The van der Waals surface area contributed by atoms with Crippen molar-refractivity contribution in [1.29, 1.82) is 0 Å². The maximum Gasteiger partial charge on any atom is 0.223 e. The van der Waals surface area contributed by atoms with Crippen molar-refractivity contribution in [2.45, 2.75) is 25.4 Å². The molecule has 2 atom stereocenters. The fraction of sp³-hybridized carbons (Fsp3) is 0.438. The van der Waals surface area contributed by atoms with Gasteiger partial charge in [0.05, 0.1) is 11.8 Å². The number of nitrogens with zero attached hydrogens (tertiary/aromatic N) is 3. The second-order valence-corrected chi connectivity index (χ2v) is 6.75. The van der Waals surface area contributed by atoms with Crippen molar-refractivity contribution in [3.05, 3.63) is 41.2 Å². The van der Waals surface area contributed by atoms with Gasteiger partial charge in [-0.25, -0.2) is 4.98 Å². The predicted molar refractivity (Wildman–Crippen MR) is 88.9 cm³/mol. The Hall–Kier alpha value is -1.99. The van der Waals surface area contributed by atoms with Crippen LogP contribution < -0.4 is 5.73 Å². The monoisotopic (exact) mass is 332 g/mol. The molecular weight excluding hydrogens is 312 g/mol. The number of aliphatic hydroxyl groups is 1. The van der Waals surface area contributed by atoms with Gasteiger partial charge < -0.3 is 15.7 Å². The van der Waals surface area contributed by atoms with Gasteiger partial charge in [-0.1, -0.05) is 0 Å². The minimum absolute atomic E-state index is 0.0628. The van der Waals surface area contributed by atoms with E-state index in [1.54, 1.807) is 17.3 Å². The zero-order chi connectivity index (χ0) is 16.2. The van der Waals surface area contributed by atoms with Crippen LogP contribution in [0.15, 0.2) is 29.9 Å². The van der Waals surface area contributed by atoms with Crippen molar-refractivity contribution in [1.82, 2.24) is 14.9 Å². The number of pyridine rings is 1. The molecule has 1 saturated heterocycles. The third-order valence-electron chi connectivity index (χ3n) is 4.17. The summed E-state index contributed by atoms with van der Waals surface area (Å²) in [7, 11) is 0. The Labute approximate surface area is 139 Å². The van der Waals surface area contributed by atoms with Gasteiger partial charge in [0, 0.05) is 43.2 Å². The van der Waals surface area contributed by atoms with Gasteiger partial charge in [0.25, 0.3) is 0 Å². The molecule has 3 rings (SSSR count). The number of aliphatic hydroxyl groups excluding tert-OH is 1. The van der Waals surface area contributed by atoms with Crippen LogP contribution in [0.2, 0.25) is 0 Å². The minimum Gasteiger partial charge on any atom is -0.391 e. The fourth-order valence-electron chi connectivity index (χ4n) is 2.91. The molecule has 2 aromatic rings. The van der Waals surface area contributed by atoms with Gasteiger partial charge >= 0.3 is 0 Å². The van der Waals surface area contributed by atoms with E-state index in [0.29, 0.717) is 31.1 Å². The van der Waals surface area contributed by atoms with Crippen LogP contribution in [0.25, 0.3) is 0 Å². The summed E-state index contributed by atoms with van der Waals surface area (Å²) in [5, 5.41) is 12.6. The molecule has 2 aromatic heterocycles. The number of hydrogen-bond donors (Lipinski definition) is 2. The summed E-state index contributed by atoms with van der Waals surface area (Å²) in [4.78, 5) is 22.2. The molecule has 0 saturated carbocycles. The standard InChI is InChI=1S/C16H20N4O2S/c17-16-19-13(10-23-16)1-2-15(22)20-8-12(14(21)9-20)7-11-3-5-18-6-4-11/h3-6,10,12,14,21H,1-2,7-9H2,(H2,17,19)/t12-,14+/m1/s1. The third kappa shape index (κ3) is 4.05. The quantitative estimate of drug-likeness (QED) is 0.856. The average Bonchev–Trinajstić information content (AvgIpc) is 3.12. The van der Waals surface area contributed by atoms with Gasteiger partial charge in [-0.05, 0) is 30.5 Å². The van der Waals surface area contributed by atoms with Gasteiger partial charge in [0.1, 0.15) is 0 Å². The molecular formula is C16H20N4O2S. The predicted octanol–water partition coefficient (Wildman–Crippen LogP) is 1.11. The molecule has 1 fully saturated rings. The molecule has 0 aromatic carbocycles. The van der Waals surface area contributed by atoms with E-state index in [-0.39, 0.29) is 11.8 Å². The molecule has 0 spiro atoms. The highest BCUT2D eigenvalue weighted by Gasteiger charge is 2.33. The van der Waals surface area contributed by atoms with Crippen molar-refractivity contribution in [2.24, 2.45) is 5.92 Å². The number of nitrogens with two attached hydrogens (primary N) is 1. The van der Waals surface area contributed by atoms with Crippen LogP contribution in [0.1, 0.15) is 17.7 Å². The highest BCUT2D eigenvalue weighted by atomic mass is 32.1. The Morgan fingerprint density at radius 3 is 2.87 bits per heavy atom. The van der Waals surface area contributed by atoms with E-state index >= 15 is 0 Å². The molecule has 1 aliphatic rings. The topological polar surface area (TPSA) is 92.3 Å². The Morgan fingerprint density at radius 2 is 2.17 bits per heavy atom. The number of thiazole rings is 1. The molecule has 23 heavy (non-hydrogen) atoms. The van der Waals surface area contributed by atoms with Crippen molar-refractivity contribution in [3.63, 3.8) is 0 Å². The molecule has 3 N–H and O–H groups in total. The van der Waals surface area contributed by atoms with Crippen LogP contribution in [0, 0.1) is 5.92 Å². The smallest absolute Gasteiger partial charge is 0.223 e. The number of aromatic nitrogens is 2. The van der Waals surface area contributed by atoms with E-state index in [0.717, 1.165) is 17.7 Å². The first-order valence-electron chi connectivity index (χ1n) is 7.66. The number of anilines is 1. The van der Waals surface area contributed by atoms with Crippen molar-refractivity contribution >= 4 is 22.4 Å². The molecule has 0 aliphatic carbocycles. The van der Waals surface area contributed by atoms with Crippen LogP contribution in [-0.2, 0) is 17.6 Å². The first-order valence-corrected chi connectivity index (χ1v) is 8.54. The Balaban J connectivity index is 1.52. The first kappa shape index (κ1) is 15.9. The van der Waals surface area contributed by atoms with Gasteiger partial charge in [-0.3, -0.25) is 9.78 Å². The van der Waals surface area contributed by atoms with Gasteiger partial charge in [0.15, 0.2) is 5.13 Å². The Morgan fingerprint density at radius 1 is 1.39 bits per heavy atom. The maximum atomic E-state index is 12.3. The number of β-amino-alcohol motifs (C(OH)–C–C–N with tert-alkyl or cyclic N) is 1. The summed E-state index contributed by atoms with van der Waals surface area (Å²) in [6.07, 6.45) is 4.78. The highest BCUT2D eigenvalue weighted by Crippen LogP contribution is 2.22. The molecule has 7 heteroatoms. The SMILES string of the molecule is Nc1nc(CCC(=O)N2C[C@@H](Cc3ccncc3)[C@@H](O)C2)cs1. The Bertz CT molecular complexity index is 661. The van der Waals surface area contributed by atoms with Crippen LogP contribution >= 0.6 is 11.3 Å². The number of hydrogen-bond acceptors (Lipinski definition) is 6. The molecule has 3 heterocycles. The zero-order valence-corrected chi connectivity index (χ0v) is 13.6. The van der Waals surface area contributed by atoms with Crippen molar-refractivity contribution in [3.8, 4) is 0 Å². The van der Waals surface area contributed by atoms with Crippen LogP contribution in [-0.4, -0.2) is 45.1 Å². The van der Waals surface area contributed by atoms with Crippen LogP contribution in [0.4, 0.5) is 5.13 Å². The largest absolute Gasteiger partial charge is 0.391 e. The summed E-state index contributed by atoms with van der Waals surface area (Å²) in [5.74, 6) is 0.143. The van der Waals surface area contributed by atoms with E-state index in [2.05, 4.69) is 9.97 Å². The lowest BCUT2D eigenvalue weighted by molar-refractivity contribution is -0.130. The number of carbonyl (C=O) groups excluding carboxylic acids is 1. The summed E-state index contributed by atoms with van der Waals surface area (Å²) >= 11 is 1.39. The molecule has 0 radical (unpaired) electrons. The lowest BCUT2D eigenvalue weighted by Gasteiger charge is -2.16. The lowest BCUT2D eigenvalue weighted by atomic mass is 9.97. The number of likely N-dealkylation sites (tertiary alicyclic amines) is 1. The number of rotatable bonds is 5. The second kappa shape index (κ2) is 7.06. The maximum absolute atomic E-state index is 12.3. The molecule has 0 bridgehead atoms. The summed E-state index contributed by atoms with van der Waals surface area (Å²) in [6, 6.07) is 3.90. The molecule has 122 valence electrons. The van der Waals surface area contributed by atoms with Crippen molar-refractivity contribution in [2.75, 3.05) is 18.8 Å². The summed E-state index contributed by atoms with van der Waals surface area (Å²) in [6.45, 7) is 1.01. The van der Waals surface area contributed by atoms with Gasteiger partial charge in [-0.15, -0.1) is 11.3 Å². The second-order valence-electron chi connectivity index (χ2n) is 5.86. The minimum atomic E-state index is -0.470. The van der Waals surface area contributed by atoms with E-state index < -0.39 is 6.10 Å². The van der Waals surface area contributed by atoms with E-state index in [1.165, 1.54) is 11.3 Å². The normalized spacial score (nSPS) is 20.8. The third-order valence-corrected chi connectivity index (χ3v) is 4.89. The Kier molecular flexibility index (Phi) is 4.88. The number of nitrogen functional groups attached to an aromatic ring is 1. The fourth-order valence-corrected chi connectivity index (χ4v) is 3.51. The number of carbonyl (C=O) groups is 1. The van der Waals surface area contributed by atoms with E-state index in [4.69, 9.17) is 5.73 Å². The average molecular weight is 332 g/mol. The van der Waals surface area contributed by atoms with Crippen LogP contribution in [0.3, 0.4) is 0 Å².